The second-order valence-electron chi connectivity index (χ2n) is 5.88. The van der Waals surface area contributed by atoms with Gasteiger partial charge in [0.1, 0.15) is 12.2 Å². The molecule has 22 heavy (non-hydrogen) atoms. The van der Waals surface area contributed by atoms with Crippen LogP contribution in [0.25, 0.3) is 0 Å². The van der Waals surface area contributed by atoms with E-state index in [1.54, 1.807) is 0 Å². The first-order valence-electron chi connectivity index (χ1n) is 12.5. The van der Waals surface area contributed by atoms with E-state index in [1.165, 1.54) is 13.2 Å². The molecule has 4 heteroatoms. The Morgan fingerprint density at radius 1 is 1.64 bits per heavy atom. The Balaban J connectivity index is 2.00. The van der Waals surface area contributed by atoms with Gasteiger partial charge < -0.3 is 19.5 Å². The van der Waals surface area contributed by atoms with Gasteiger partial charge in [0.15, 0.2) is 11.5 Å². The third kappa shape index (κ3) is 1.28. The fourth-order valence-corrected chi connectivity index (χ4v) is 4.09. The molecule has 5 atom stereocenters. The van der Waals surface area contributed by atoms with Crippen LogP contribution in [0, 0.1) is 5.92 Å². The summed E-state index contributed by atoms with van der Waals surface area (Å²) < 4.78 is 105. The Labute approximate surface area is 145 Å². The molecular formula is C18H21NO3. The highest BCUT2D eigenvalue weighted by molar-refractivity contribution is 5.62. The van der Waals surface area contributed by atoms with Crippen molar-refractivity contribution >= 4 is 0 Å². The zero-order chi connectivity index (χ0) is 24.6. The van der Waals surface area contributed by atoms with Gasteiger partial charge in [0.05, 0.1) is 12.6 Å². The number of benzene rings is 1. The molecule has 1 N–H and O–H groups in total. The van der Waals surface area contributed by atoms with Crippen LogP contribution >= 0.6 is 0 Å². The normalized spacial score (nSPS) is 61.1. The Morgan fingerprint density at radius 3 is 3.41 bits per heavy atom. The average Bonchev–Trinajstić information content (AvgIpc) is 2.97. The van der Waals surface area contributed by atoms with Crippen molar-refractivity contribution in [3.8, 4) is 11.5 Å². The molecule has 5 rings (SSSR count). The van der Waals surface area contributed by atoms with Crippen molar-refractivity contribution in [3.63, 3.8) is 0 Å². The van der Waals surface area contributed by atoms with E-state index in [-0.39, 0.29) is 30.0 Å². The molecular weight excluding hydrogens is 278 g/mol. The lowest BCUT2D eigenvalue weighted by Crippen LogP contribution is -2.64. The van der Waals surface area contributed by atoms with Gasteiger partial charge in [-0.15, -0.1) is 0 Å². The number of hydrogen-bond donors (Lipinski definition) is 1. The van der Waals surface area contributed by atoms with E-state index in [0.717, 1.165) is 11.0 Å². The van der Waals surface area contributed by atoms with Crippen LogP contribution in [-0.2, 0) is 11.8 Å². The van der Waals surface area contributed by atoms with Crippen molar-refractivity contribution in [2.45, 2.75) is 36.4 Å². The van der Waals surface area contributed by atoms with Gasteiger partial charge in [-0.2, -0.15) is 0 Å². The molecule has 0 saturated carbocycles. The minimum absolute atomic E-state index is 0.0106. The predicted octanol–water partition coefficient (Wildman–Crippen LogP) is 1.50. The minimum atomic E-state index is -2.88. The molecule has 2 aliphatic heterocycles. The largest absolute Gasteiger partial charge is 0.493 e. The fourth-order valence-electron chi connectivity index (χ4n) is 4.09. The molecule has 1 saturated heterocycles. The summed E-state index contributed by atoms with van der Waals surface area (Å²) in [6.07, 6.45) is -5.53. The Hall–Kier alpha value is -1.52. The predicted molar refractivity (Wildman–Crippen MR) is 82.5 cm³/mol. The summed E-state index contributed by atoms with van der Waals surface area (Å²) >= 11 is 0. The number of aliphatic hydroxyl groups is 1. The van der Waals surface area contributed by atoms with Gasteiger partial charge in [-0.3, -0.25) is 0 Å². The topological polar surface area (TPSA) is 41.9 Å². The highest BCUT2D eigenvalue weighted by Gasteiger charge is 2.64. The summed E-state index contributed by atoms with van der Waals surface area (Å²) in [5.41, 5.74) is -2.13. The molecule has 1 fully saturated rings. The van der Waals surface area contributed by atoms with Crippen LogP contribution in [0.15, 0.2) is 24.2 Å². The van der Waals surface area contributed by atoms with Crippen molar-refractivity contribution in [3.05, 3.63) is 35.4 Å². The fraction of sp³-hybridized carbons (Fsp3) is 0.556. The Kier molecular flexibility index (Phi) is 1.14. The highest BCUT2D eigenvalue weighted by atomic mass is 16.5. The lowest BCUT2D eigenvalue weighted by molar-refractivity contribution is -0.0453. The molecule has 4 aliphatic rings. The van der Waals surface area contributed by atoms with Crippen molar-refractivity contribution in [1.82, 2.24) is 4.90 Å². The van der Waals surface area contributed by atoms with E-state index in [2.05, 4.69) is 5.11 Å². The molecule has 2 bridgehead atoms. The molecule has 2 unspecified atom stereocenters. The zero-order valence-corrected chi connectivity index (χ0v) is 11.8. The first-order valence-corrected chi connectivity index (χ1v) is 7.12. The quantitative estimate of drug-likeness (QED) is 0.841. The number of likely N-dealkylation sites (tertiary alicyclic amines) is 1. The van der Waals surface area contributed by atoms with Gasteiger partial charge in [0.25, 0.3) is 0 Å². The number of methoxy groups -OCH3 is 1. The van der Waals surface area contributed by atoms with Crippen LogP contribution < -0.4 is 9.47 Å². The standard InChI is InChI=1S/C18H21NO3/c1-19-8-7-18-11-4-5-13(20)17(18)22-16-14(21-2)6-3-10(15(16)18)9-12(11)19/h3-6,11-13,17,20H,7-9H2,1-2H3/t11-,12+,13?,17?,18-/m0/s1/i1D3,3D,6D,9D2,12D,13D,17D,20D. The molecule has 2 heterocycles. The van der Waals surface area contributed by atoms with Gasteiger partial charge in [0, 0.05) is 31.1 Å². The lowest BCUT2D eigenvalue weighted by Gasteiger charge is -2.56. The lowest BCUT2D eigenvalue weighted by atomic mass is 9.53. The maximum atomic E-state index is 9.35. The van der Waals surface area contributed by atoms with Gasteiger partial charge in [-0.1, -0.05) is 18.2 Å². The highest BCUT2D eigenvalue weighted by Crippen LogP contribution is 2.62. The maximum absolute atomic E-state index is 9.35. The van der Waals surface area contributed by atoms with E-state index in [9.17, 15) is 2.74 Å². The first kappa shape index (κ1) is 6.17. The molecule has 0 radical (unpaired) electrons. The van der Waals surface area contributed by atoms with E-state index >= 15 is 0 Å². The van der Waals surface area contributed by atoms with Crippen LogP contribution in [0.3, 0.4) is 0 Å². The number of nitrogens with zero attached hydrogens (tertiary/aromatic N) is 1. The number of piperidine rings is 1. The van der Waals surface area contributed by atoms with E-state index < -0.39 is 60.5 Å². The van der Waals surface area contributed by atoms with Crippen molar-refractivity contribution in [1.29, 1.82) is 1.43 Å². The third-order valence-corrected chi connectivity index (χ3v) is 5.01. The number of likely N-dealkylation sites (N-methyl/N-ethyl adjacent to an activating group) is 1. The maximum Gasteiger partial charge on any atom is 0.211 e. The summed E-state index contributed by atoms with van der Waals surface area (Å²) in [5.74, 6) is -1.75. The molecule has 1 aromatic rings. The summed E-state index contributed by atoms with van der Waals surface area (Å²) in [6.45, 7) is -3.21. The molecule has 0 amide bonds. The van der Waals surface area contributed by atoms with Crippen LogP contribution in [-0.4, -0.2) is 50.2 Å². The third-order valence-electron chi connectivity index (χ3n) is 5.01. The number of rotatable bonds is 2. The summed E-state index contributed by atoms with van der Waals surface area (Å²) in [5, 5.41) is 4.64. The van der Waals surface area contributed by atoms with Crippen LogP contribution in [0.1, 0.15) is 31.3 Å². The average molecular weight is 310 g/mol. The van der Waals surface area contributed by atoms with E-state index in [1.807, 2.05) is 0 Å². The minimum Gasteiger partial charge on any atom is -0.493 e. The van der Waals surface area contributed by atoms with E-state index in [0.29, 0.717) is 0 Å². The van der Waals surface area contributed by atoms with Crippen molar-refractivity contribution < 1.29 is 28.3 Å². The summed E-state index contributed by atoms with van der Waals surface area (Å²) in [4.78, 5) is 0.743. The monoisotopic (exact) mass is 310 g/mol. The molecule has 4 nitrogen and oxygen atoms in total. The van der Waals surface area contributed by atoms with Crippen molar-refractivity contribution in [2.75, 3.05) is 20.6 Å². The Morgan fingerprint density at radius 2 is 2.59 bits per heavy atom. The van der Waals surface area contributed by atoms with Crippen molar-refractivity contribution in [2.24, 2.45) is 5.92 Å². The molecule has 1 aromatic carbocycles. The second-order valence-corrected chi connectivity index (χ2v) is 5.88. The van der Waals surface area contributed by atoms with Gasteiger partial charge in [-0.25, -0.2) is 0 Å². The van der Waals surface area contributed by atoms with Crippen LogP contribution in [0.4, 0.5) is 0 Å². The van der Waals surface area contributed by atoms with Crippen LogP contribution in [0.2, 0.25) is 0 Å². The molecule has 1 spiro atoms. The molecule has 2 aliphatic carbocycles. The summed E-state index contributed by atoms with van der Waals surface area (Å²) in [7, 11) is 1.23. The van der Waals surface area contributed by atoms with Gasteiger partial charge in [-0.05, 0) is 37.9 Å². The van der Waals surface area contributed by atoms with Gasteiger partial charge in [0.2, 0.25) is 1.43 Å². The summed E-state index contributed by atoms with van der Waals surface area (Å²) in [6, 6.07) is -3.70. The van der Waals surface area contributed by atoms with Crippen LogP contribution in [0.5, 0.6) is 11.5 Å². The van der Waals surface area contributed by atoms with Gasteiger partial charge >= 0.3 is 0 Å². The smallest absolute Gasteiger partial charge is 0.211 e. The zero-order valence-electron chi connectivity index (χ0n) is 22.8. The number of ether oxygens (including phenoxy) is 2. The number of hydrogen-bond acceptors (Lipinski definition) is 4. The van der Waals surface area contributed by atoms with E-state index in [4.69, 9.17) is 21.9 Å². The molecule has 0 aromatic heterocycles. The SMILES string of the molecule is [2H]OC1([2H])C=C[C@@H]2[C@@]34CCN(C([2H])([2H])[2H])[C@]2([2H])C([2H])([2H])c2c([2H])c([2H])c(OC)c(c23)OC14[2H]. The first-order chi connectivity index (χ1) is 15.1. The molecule has 116 valence electrons. The Bertz CT molecular complexity index is 1110. The second kappa shape index (κ2) is 4.06.